The molecule has 190 valence electrons. The second kappa shape index (κ2) is 12.4. The molecular weight excluding hydrogens is 452 g/mol. The average molecular weight is 489 g/mol. The fourth-order valence-electron chi connectivity index (χ4n) is 4.72. The standard InChI is InChI=1S/C29H36N4O3/c1-31-17-9-4-10-18-33(28(34)16-15-24-20-30-32(2)21-24)25(19-23-11-5-3-6-12-23)22-36-27-14-8-7-13-26(27)29(31)35/h3,5-8,11-14,20-21,25H,4,9-10,15-19,22H2,1-2H3/t25-/m0/s1. The monoisotopic (exact) mass is 488 g/mol. The third kappa shape index (κ3) is 6.74. The van der Waals surface area contributed by atoms with Gasteiger partial charge in [-0.05, 0) is 55.4 Å². The zero-order valence-corrected chi connectivity index (χ0v) is 21.3. The Morgan fingerprint density at radius 2 is 1.72 bits per heavy atom. The maximum atomic E-state index is 13.6. The van der Waals surface area contributed by atoms with Crippen molar-refractivity contribution in [3.8, 4) is 5.75 Å². The molecule has 0 bridgehead atoms. The van der Waals surface area contributed by atoms with Crippen molar-refractivity contribution in [2.45, 2.75) is 44.6 Å². The minimum atomic E-state index is -0.143. The largest absolute Gasteiger partial charge is 0.491 e. The molecular formula is C29H36N4O3. The Morgan fingerprint density at radius 1 is 0.972 bits per heavy atom. The minimum absolute atomic E-state index is 0.0335. The lowest BCUT2D eigenvalue weighted by Gasteiger charge is -2.32. The Kier molecular flexibility index (Phi) is 8.76. The van der Waals surface area contributed by atoms with Gasteiger partial charge in [-0.15, -0.1) is 0 Å². The topological polar surface area (TPSA) is 67.7 Å². The highest BCUT2D eigenvalue weighted by molar-refractivity contribution is 5.96. The van der Waals surface area contributed by atoms with Crippen LogP contribution < -0.4 is 4.74 Å². The molecule has 3 aromatic rings. The summed E-state index contributed by atoms with van der Waals surface area (Å²) in [7, 11) is 3.72. The fraction of sp³-hybridized carbons (Fsp3) is 0.414. The molecule has 2 aromatic carbocycles. The molecule has 0 N–H and O–H groups in total. The third-order valence-electron chi connectivity index (χ3n) is 6.75. The minimum Gasteiger partial charge on any atom is -0.491 e. The summed E-state index contributed by atoms with van der Waals surface area (Å²) in [5, 5.41) is 4.23. The highest BCUT2D eigenvalue weighted by Crippen LogP contribution is 2.23. The number of fused-ring (bicyclic) bond motifs is 1. The van der Waals surface area contributed by atoms with E-state index in [1.165, 1.54) is 0 Å². The molecule has 1 aliphatic heterocycles. The highest BCUT2D eigenvalue weighted by Gasteiger charge is 2.26. The van der Waals surface area contributed by atoms with Crippen molar-refractivity contribution in [3.63, 3.8) is 0 Å². The first kappa shape index (κ1) is 25.5. The first-order valence-electron chi connectivity index (χ1n) is 12.8. The van der Waals surface area contributed by atoms with E-state index in [0.29, 0.717) is 50.3 Å². The lowest BCUT2D eigenvalue weighted by atomic mass is 10.0. The van der Waals surface area contributed by atoms with Gasteiger partial charge in [-0.2, -0.15) is 5.10 Å². The first-order valence-corrected chi connectivity index (χ1v) is 12.8. The summed E-state index contributed by atoms with van der Waals surface area (Å²) in [5.74, 6) is 0.656. The van der Waals surface area contributed by atoms with Crippen molar-refractivity contribution < 1.29 is 14.3 Å². The molecule has 7 nitrogen and oxygen atoms in total. The smallest absolute Gasteiger partial charge is 0.257 e. The number of nitrogens with zero attached hydrogens (tertiary/aromatic N) is 4. The van der Waals surface area contributed by atoms with Crippen LogP contribution in [0, 0.1) is 0 Å². The summed E-state index contributed by atoms with van der Waals surface area (Å²) >= 11 is 0. The van der Waals surface area contributed by atoms with Gasteiger partial charge in [0.25, 0.3) is 5.91 Å². The van der Waals surface area contributed by atoms with Gasteiger partial charge in [0, 0.05) is 39.8 Å². The van der Waals surface area contributed by atoms with Crippen LogP contribution in [0.2, 0.25) is 0 Å². The van der Waals surface area contributed by atoms with Gasteiger partial charge in [-0.25, -0.2) is 0 Å². The van der Waals surface area contributed by atoms with E-state index < -0.39 is 0 Å². The van der Waals surface area contributed by atoms with Gasteiger partial charge in [0.15, 0.2) is 0 Å². The molecule has 0 aliphatic carbocycles. The molecule has 1 aliphatic rings. The predicted octanol–water partition coefficient (Wildman–Crippen LogP) is 4.13. The van der Waals surface area contributed by atoms with Gasteiger partial charge in [0.05, 0.1) is 17.8 Å². The first-order chi connectivity index (χ1) is 17.5. The van der Waals surface area contributed by atoms with E-state index >= 15 is 0 Å². The van der Waals surface area contributed by atoms with Crippen molar-refractivity contribution in [2.75, 3.05) is 26.7 Å². The van der Waals surface area contributed by atoms with E-state index in [1.54, 1.807) is 9.58 Å². The van der Waals surface area contributed by atoms with Crippen LogP contribution in [-0.4, -0.2) is 64.2 Å². The average Bonchev–Trinajstić information content (AvgIpc) is 3.32. The van der Waals surface area contributed by atoms with Crippen LogP contribution in [0.15, 0.2) is 67.0 Å². The highest BCUT2D eigenvalue weighted by atomic mass is 16.5. The number of hydrogen-bond acceptors (Lipinski definition) is 4. The summed E-state index contributed by atoms with van der Waals surface area (Å²) in [6, 6.07) is 17.5. The molecule has 0 saturated carbocycles. The predicted molar refractivity (Wildman–Crippen MR) is 140 cm³/mol. The van der Waals surface area contributed by atoms with Gasteiger partial charge in [0.1, 0.15) is 12.4 Å². The number of aryl methyl sites for hydroxylation is 2. The number of carbonyl (C=O) groups is 2. The molecule has 0 spiro atoms. The summed E-state index contributed by atoms with van der Waals surface area (Å²) in [4.78, 5) is 30.4. The number of amides is 2. The van der Waals surface area contributed by atoms with E-state index in [2.05, 4.69) is 17.2 Å². The Hall–Kier alpha value is -3.61. The van der Waals surface area contributed by atoms with Crippen LogP contribution in [-0.2, 0) is 24.7 Å². The van der Waals surface area contributed by atoms with Crippen LogP contribution >= 0.6 is 0 Å². The van der Waals surface area contributed by atoms with Crippen LogP contribution in [0.4, 0.5) is 0 Å². The van der Waals surface area contributed by atoms with E-state index in [0.717, 1.165) is 30.4 Å². The van der Waals surface area contributed by atoms with Crippen LogP contribution in [0.25, 0.3) is 0 Å². The molecule has 0 fully saturated rings. The Bertz CT molecular complexity index is 1140. The van der Waals surface area contributed by atoms with E-state index in [9.17, 15) is 9.59 Å². The van der Waals surface area contributed by atoms with Crippen molar-refractivity contribution >= 4 is 11.8 Å². The van der Waals surface area contributed by atoms with Crippen molar-refractivity contribution in [3.05, 3.63) is 83.7 Å². The van der Waals surface area contributed by atoms with E-state index in [-0.39, 0.29) is 17.9 Å². The second-order valence-electron chi connectivity index (χ2n) is 9.55. The van der Waals surface area contributed by atoms with E-state index in [1.807, 2.05) is 73.9 Å². The number of aromatic nitrogens is 2. The Balaban J connectivity index is 1.59. The second-order valence-corrected chi connectivity index (χ2v) is 9.55. The van der Waals surface area contributed by atoms with Crippen LogP contribution in [0.3, 0.4) is 0 Å². The number of ether oxygens (including phenoxy) is 1. The fourth-order valence-corrected chi connectivity index (χ4v) is 4.72. The number of para-hydroxylation sites is 1. The summed E-state index contributed by atoms with van der Waals surface area (Å²) < 4.78 is 8.06. The van der Waals surface area contributed by atoms with Gasteiger partial charge in [-0.3, -0.25) is 14.3 Å². The SMILES string of the molecule is CN1CCCCCN(C(=O)CCc2cnn(C)c2)[C@@H](Cc2ccccc2)COc2ccccc2C1=O. The normalized spacial score (nSPS) is 17.4. The van der Waals surface area contributed by atoms with Gasteiger partial charge >= 0.3 is 0 Å². The van der Waals surface area contributed by atoms with Crippen LogP contribution in [0.1, 0.15) is 47.2 Å². The molecule has 0 radical (unpaired) electrons. The molecule has 36 heavy (non-hydrogen) atoms. The van der Waals surface area contributed by atoms with E-state index in [4.69, 9.17) is 4.74 Å². The zero-order chi connectivity index (χ0) is 25.3. The third-order valence-corrected chi connectivity index (χ3v) is 6.75. The molecule has 1 atom stereocenters. The molecule has 2 amide bonds. The van der Waals surface area contributed by atoms with Gasteiger partial charge < -0.3 is 14.5 Å². The van der Waals surface area contributed by atoms with Crippen molar-refractivity contribution in [1.82, 2.24) is 19.6 Å². The molecule has 1 aromatic heterocycles. The molecule has 4 rings (SSSR count). The Labute approximate surface area is 213 Å². The number of carbonyl (C=O) groups excluding carboxylic acids is 2. The van der Waals surface area contributed by atoms with Crippen LogP contribution in [0.5, 0.6) is 5.75 Å². The molecule has 2 heterocycles. The molecule has 0 saturated heterocycles. The van der Waals surface area contributed by atoms with Crippen molar-refractivity contribution in [2.24, 2.45) is 7.05 Å². The summed E-state index contributed by atoms with van der Waals surface area (Å²) in [5.41, 5.74) is 2.78. The maximum Gasteiger partial charge on any atom is 0.257 e. The lowest BCUT2D eigenvalue weighted by Crippen LogP contribution is -2.45. The Morgan fingerprint density at radius 3 is 2.50 bits per heavy atom. The molecule has 7 heteroatoms. The summed E-state index contributed by atoms with van der Waals surface area (Å²) in [6.45, 7) is 1.67. The maximum absolute atomic E-state index is 13.6. The zero-order valence-electron chi connectivity index (χ0n) is 21.3. The molecule has 0 unspecified atom stereocenters. The quantitative estimate of drug-likeness (QED) is 0.542. The lowest BCUT2D eigenvalue weighted by molar-refractivity contribution is -0.134. The number of benzene rings is 2. The van der Waals surface area contributed by atoms with Gasteiger partial charge in [0.2, 0.25) is 5.91 Å². The number of hydrogen-bond donors (Lipinski definition) is 0. The summed E-state index contributed by atoms with van der Waals surface area (Å²) in [6.07, 6.45) is 8.29. The number of rotatable bonds is 5. The van der Waals surface area contributed by atoms with Crippen molar-refractivity contribution in [1.29, 1.82) is 0 Å². The van der Waals surface area contributed by atoms with Gasteiger partial charge in [-0.1, -0.05) is 42.5 Å².